The van der Waals surface area contributed by atoms with Crippen LogP contribution in [0.4, 0.5) is 0 Å². The van der Waals surface area contributed by atoms with Gasteiger partial charge in [0.1, 0.15) is 0 Å². The molecule has 0 amide bonds. The molecule has 1 aliphatic heterocycles. The molecule has 20 heavy (non-hydrogen) atoms. The first kappa shape index (κ1) is 14.5. The highest BCUT2D eigenvalue weighted by Gasteiger charge is 2.36. The number of nitrogens with one attached hydrogen (secondary N) is 1. The molecular weight excluding hydrogens is 284 g/mol. The molecule has 1 unspecified atom stereocenters. The molecule has 4 heteroatoms. The van der Waals surface area contributed by atoms with Gasteiger partial charge in [0.25, 0.3) is 0 Å². The first-order valence-electron chi connectivity index (χ1n) is 7.64. The molecule has 2 nitrogen and oxygen atoms in total. The van der Waals surface area contributed by atoms with E-state index in [0.717, 1.165) is 13.0 Å². The van der Waals surface area contributed by atoms with Crippen molar-refractivity contribution in [1.29, 1.82) is 0 Å². The molecule has 1 aliphatic carbocycles. The second-order valence-corrected chi connectivity index (χ2v) is 8.72. The molecule has 1 spiro atoms. The first-order chi connectivity index (χ1) is 9.65. The Morgan fingerprint density at radius 2 is 2.15 bits per heavy atom. The predicted molar refractivity (Wildman–Crippen MR) is 91.0 cm³/mol. The van der Waals surface area contributed by atoms with Crippen LogP contribution in [0.1, 0.15) is 42.4 Å². The normalized spacial score (nSPS) is 22.8. The maximum absolute atomic E-state index is 4.82. The lowest BCUT2D eigenvalue weighted by Crippen LogP contribution is -2.38. The lowest BCUT2D eigenvalue weighted by atomic mass is 9.89. The maximum Gasteiger partial charge on any atom is 0.156 e. The number of aryl methyl sites for hydroxylation is 1. The van der Waals surface area contributed by atoms with Crippen LogP contribution in [0.5, 0.6) is 0 Å². The van der Waals surface area contributed by atoms with E-state index in [1.54, 1.807) is 0 Å². The molecule has 1 N–H and O–H groups in total. The lowest BCUT2D eigenvalue weighted by Gasteiger charge is -2.31. The smallest absolute Gasteiger partial charge is 0.156 e. The summed E-state index contributed by atoms with van der Waals surface area (Å²) in [4.78, 5) is 7.69. The largest absolute Gasteiger partial charge is 0.362 e. The van der Waals surface area contributed by atoms with Gasteiger partial charge in [0.15, 0.2) is 5.17 Å². The monoisotopic (exact) mass is 308 g/mol. The zero-order valence-electron chi connectivity index (χ0n) is 12.4. The van der Waals surface area contributed by atoms with E-state index in [1.165, 1.54) is 46.4 Å². The third kappa shape index (κ3) is 3.40. The SMILES string of the molecule is Cc1ccc(CC(C)NC2=NCC3(CCCC3)CS2)s1. The fraction of sp³-hybridized carbons (Fsp3) is 0.688. The van der Waals surface area contributed by atoms with Gasteiger partial charge in [-0.1, -0.05) is 24.6 Å². The molecule has 1 aromatic rings. The van der Waals surface area contributed by atoms with E-state index in [1.807, 2.05) is 23.1 Å². The molecule has 0 aromatic carbocycles. The molecule has 1 saturated carbocycles. The van der Waals surface area contributed by atoms with Crippen molar-refractivity contribution in [2.75, 3.05) is 12.3 Å². The highest BCUT2D eigenvalue weighted by molar-refractivity contribution is 8.13. The average Bonchev–Trinajstić information content (AvgIpc) is 3.03. The minimum atomic E-state index is 0.469. The van der Waals surface area contributed by atoms with Crippen molar-refractivity contribution in [1.82, 2.24) is 5.32 Å². The van der Waals surface area contributed by atoms with Gasteiger partial charge in [-0.3, -0.25) is 4.99 Å². The number of nitrogens with zero attached hydrogens (tertiary/aromatic N) is 1. The molecular formula is C16H24N2S2. The first-order valence-corrected chi connectivity index (χ1v) is 9.45. The Balaban J connectivity index is 1.52. The summed E-state index contributed by atoms with van der Waals surface area (Å²) in [5, 5.41) is 4.77. The number of rotatable bonds is 3. The van der Waals surface area contributed by atoms with Crippen LogP contribution >= 0.6 is 23.1 Å². The van der Waals surface area contributed by atoms with E-state index in [9.17, 15) is 0 Å². The fourth-order valence-corrected chi connectivity index (χ4v) is 5.51. The Morgan fingerprint density at radius 3 is 2.75 bits per heavy atom. The molecule has 0 radical (unpaired) electrons. The molecule has 0 saturated heterocycles. The standard InChI is InChI=1S/C16H24N2S2/c1-12(9-14-6-5-13(2)20-14)18-15-17-10-16(11-19-15)7-3-4-8-16/h5-6,12H,3-4,7-11H2,1-2H3,(H,17,18). The summed E-state index contributed by atoms with van der Waals surface area (Å²) in [6.45, 7) is 5.49. The Hall–Kier alpha value is -0.480. The van der Waals surface area contributed by atoms with Crippen molar-refractivity contribution in [3.63, 3.8) is 0 Å². The molecule has 1 fully saturated rings. The molecule has 1 atom stereocenters. The van der Waals surface area contributed by atoms with Crippen molar-refractivity contribution in [3.05, 3.63) is 21.9 Å². The zero-order valence-corrected chi connectivity index (χ0v) is 14.1. The van der Waals surface area contributed by atoms with Gasteiger partial charge in [0.2, 0.25) is 0 Å². The number of hydrogen-bond donors (Lipinski definition) is 1. The summed E-state index contributed by atoms with van der Waals surface area (Å²) in [6.07, 6.45) is 6.70. The van der Waals surface area contributed by atoms with Crippen molar-refractivity contribution < 1.29 is 0 Å². The van der Waals surface area contributed by atoms with Crippen LogP contribution in [0.15, 0.2) is 17.1 Å². The second kappa shape index (κ2) is 6.10. The minimum absolute atomic E-state index is 0.469. The Labute approximate surface area is 130 Å². The van der Waals surface area contributed by atoms with Gasteiger partial charge in [-0.25, -0.2) is 0 Å². The number of thiophene rings is 1. The van der Waals surface area contributed by atoms with E-state index in [0.29, 0.717) is 11.5 Å². The molecule has 3 rings (SSSR count). The van der Waals surface area contributed by atoms with Crippen LogP contribution in [0.2, 0.25) is 0 Å². The van der Waals surface area contributed by atoms with E-state index < -0.39 is 0 Å². The van der Waals surface area contributed by atoms with Crippen LogP contribution in [0, 0.1) is 12.3 Å². The Morgan fingerprint density at radius 1 is 1.35 bits per heavy atom. The summed E-state index contributed by atoms with van der Waals surface area (Å²) < 4.78 is 0. The topological polar surface area (TPSA) is 24.4 Å². The van der Waals surface area contributed by atoms with E-state index >= 15 is 0 Å². The highest BCUT2D eigenvalue weighted by atomic mass is 32.2. The van der Waals surface area contributed by atoms with Crippen LogP contribution in [-0.4, -0.2) is 23.5 Å². The van der Waals surface area contributed by atoms with Gasteiger partial charge in [-0.2, -0.15) is 0 Å². The number of thioether (sulfide) groups is 1. The highest BCUT2D eigenvalue weighted by Crippen LogP contribution is 2.43. The van der Waals surface area contributed by atoms with Gasteiger partial charge in [0, 0.05) is 34.5 Å². The predicted octanol–water partition coefficient (Wildman–Crippen LogP) is 4.24. The van der Waals surface area contributed by atoms with Gasteiger partial charge >= 0.3 is 0 Å². The molecule has 1 aromatic heterocycles. The van der Waals surface area contributed by atoms with Gasteiger partial charge in [0.05, 0.1) is 0 Å². The van der Waals surface area contributed by atoms with Crippen LogP contribution in [0.25, 0.3) is 0 Å². The third-order valence-corrected chi connectivity index (χ3v) is 6.71. The summed E-state index contributed by atoms with van der Waals surface area (Å²) in [6, 6.07) is 4.93. The summed E-state index contributed by atoms with van der Waals surface area (Å²) >= 11 is 3.85. The van der Waals surface area contributed by atoms with Gasteiger partial charge < -0.3 is 5.32 Å². The zero-order chi connectivity index (χ0) is 14.0. The van der Waals surface area contributed by atoms with Crippen molar-refractivity contribution >= 4 is 28.3 Å². The summed E-state index contributed by atoms with van der Waals surface area (Å²) in [5.74, 6) is 1.27. The van der Waals surface area contributed by atoms with Crippen LogP contribution in [-0.2, 0) is 6.42 Å². The van der Waals surface area contributed by atoms with Gasteiger partial charge in [-0.15, -0.1) is 11.3 Å². The molecule has 2 aliphatic rings. The summed E-state index contributed by atoms with van der Waals surface area (Å²) in [5.41, 5.74) is 0.546. The van der Waals surface area contributed by atoms with Crippen LogP contribution < -0.4 is 5.32 Å². The van der Waals surface area contributed by atoms with Crippen molar-refractivity contribution in [2.45, 2.75) is 52.0 Å². The maximum atomic E-state index is 4.82. The number of hydrogen-bond acceptors (Lipinski definition) is 4. The Bertz CT molecular complexity index is 486. The number of aliphatic imine (C=N–C) groups is 1. The van der Waals surface area contributed by atoms with Crippen LogP contribution in [0.3, 0.4) is 0 Å². The Kier molecular flexibility index (Phi) is 4.41. The van der Waals surface area contributed by atoms with Gasteiger partial charge in [-0.05, 0) is 44.2 Å². The summed E-state index contributed by atoms with van der Waals surface area (Å²) in [7, 11) is 0. The lowest BCUT2D eigenvalue weighted by molar-refractivity contribution is 0.358. The van der Waals surface area contributed by atoms with E-state index in [4.69, 9.17) is 4.99 Å². The minimum Gasteiger partial charge on any atom is -0.362 e. The molecule has 2 heterocycles. The molecule has 110 valence electrons. The van der Waals surface area contributed by atoms with Crippen molar-refractivity contribution in [3.8, 4) is 0 Å². The quantitative estimate of drug-likeness (QED) is 0.903. The average molecular weight is 309 g/mol. The van der Waals surface area contributed by atoms with E-state index in [2.05, 4.69) is 31.3 Å². The number of amidine groups is 1. The van der Waals surface area contributed by atoms with E-state index in [-0.39, 0.29) is 0 Å². The molecule has 0 bridgehead atoms. The fourth-order valence-electron chi connectivity index (χ4n) is 3.23. The second-order valence-electron chi connectivity index (χ2n) is 6.38. The third-order valence-electron chi connectivity index (χ3n) is 4.41. The van der Waals surface area contributed by atoms with Crippen molar-refractivity contribution in [2.24, 2.45) is 10.4 Å².